The Labute approximate surface area is 209 Å². The van der Waals surface area contributed by atoms with Crippen LogP contribution >= 0.6 is 0 Å². The number of aromatic hydroxyl groups is 1. The van der Waals surface area contributed by atoms with Gasteiger partial charge in [-0.3, -0.25) is 9.52 Å². The summed E-state index contributed by atoms with van der Waals surface area (Å²) in [5.41, 5.74) is -1.42. The lowest BCUT2D eigenvalue weighted by Gasteiger charge is -2.16. The van der Waals surface area contributed by atoms with E-state index in [1.165, 1.54) is 12.1 Å². The Morgan fingerprint density at radius 1 is 0.811 bits per heavy atom. The van der Waals surface area contributed by atoms with Crippen LogP contribution in [0.3, 0.4) is 0 Å². The zero-order chi connectivity index (χ0) is 26.8. The van der Waals surface area contributed by atoms with Crippen LogP contribution in [0.1, 0.15) is 15.9 Å². The minimum atomic E-state index is -4.83. The zero-order valence-corrected chi connectivity index (χ0v) is 19.6. The molecule has 3 N–H and O–H groups in total. The van der Waals surface area contributed by atoms with Crippen LogP contribution in [0.5, 0.6) is 5.75 Å². The smallest absolute Gasteiger partial charge is 0.417 e. The molecule has 0 unspecified atom stereocenters. The van der Waals surface area contributed by atoms with E-state index >= 15 is 0 Å². The van der Waals surface area contributed by atoms with Crippen molar-refractivity contribution in [3.05, 3.63) is 108 Å². The van der Waals surface area contributed by atoms with E-state index in [9.17, 15) is 35.9 Å². The number of halogens is 4. The van der Waals surface area contributed by atoms with Crippen LogP contribution in [0.2, 0.25) is 0 Å². The molecule has 0 bridgehead atoms. The Morgan fingerprint density at radius 2 is 1.49 bits per heavy atom. The minimum Gasteiger partial charge on any atom is -0.506 e. The molecule has 0 aliphatic carbocycles. The molecule has 0 fully saturated rings. The number of amides is 1. The van der Waals surface area contributed by atoms with Gasteiger partial charge in [-0.05, 0) is 65.7 Å². The van der Waals surface area contributed by atoms with Gasteiger partial charge in [0.1, 0.15) is 11.6 Å². The van der Waals surface area contributed by atoms with Gasteiger partial charge in [-0.15, -0.1) is 0 Å². The molecular weight excluding hydrogens is 512 g/mol. The van der Waals surface area contributed by atoms with Gasteiger partial charge in [-0.1, -0.05) is 36.4 Å². The highest BCUT2D eigenvalue weighted by Crippen LogP contribution is 2.36. The summed E-state index contributed by atoms with van der Waals surface area (Å²) in [5, 5.41) is 12.4. The van der Waals surface area contributed by atoms with Gasteiger partial charge in [0.05, 0.1) is 21.7 Å². The van der Waals surface area contributed by atoms with Crippen molar-refractivity contribution in [1.82, 2.24) is 0 Å². The quantitative estimate of drug-likeness (QED) is 0.156. The number of hydrogen-bond donors (Lipinski definition) is 3. The van der Waals surface area contributed by atoms with Crippen molar-refractivity contribution in [2.45, 2.75) is 11.1 Å². The highest BCUT2D eigenvalue weighted by atomic mass is 32.2. The molecule has 11 heteroatoms. The molecule has 0 saturated carbocycles. The van der Waals surface area contributed by atoms with E-state index in [1.807, 2.05) is 0 Å². The van der Waals surface area contributed by atoms with Gasteiger partial charge in [-0.2, -0.15) is 13.2 Å². The fraction of sp³-hybridized carbons (Fsp3) is 0.0385. The number of phenols is 1. The van der Waals surface area contributed by atoms with Crippen LogP contribution in [0.4, 0.5) is 28.9 Å². The topological polar surface area (TPSA) is 95.5 Å². The molecule has 0 spiro atoms. The molecule has 0 radical (unpaired) electrons. The largest absolute Gasteiger partial charge is 0.506 e. The molecule has 1 amide bonds. The number of sulfonamides is 1. The third kappa shape index (κ3) is 5.89. The highest BCUT2D eigenvalue weighted by Gasteiger charge is 2.35. The number of alkyl halides is 3. The van der Waals surface area contributed by atoms with Crippen LogP contribution < -0.4 is 10.0 Å². The second-order valence-corrected chi connectivity index (χ2v) is 9.55. The van der Waals surface area contributed by atoms with Crippen LogP contribution in [-0.4, -0.2) is 19.4 Å². The number of phenolic OH excluding ortho intramolecular Hbond substituents is 1. The van der Waals surface area contributed by atoms with Gasteiger partial charge >= 0.3 is 6.18 Å². The van der Waals surface area contributed by atoms with Crippen molar-refractivity contribution in [3.63, 3.8) is 0 Å². The number of anilines is 2. The lowest BCUT2D eigenvalue weighted by Crippen LogP contribution is -2.19. The van der Waals surface area contributed by atoms with Gasteiger partial charge in [0.15, 0.2) is 0 Å². The predicted octanol–water partition coefficient (Wildman–Crippen LogP) is 6.27. The van der Waals surface area contributed by atoms with E-state index in [4.69, 9.17) is 0 Å². The summed E-state index contributed by atoms with van der Waals surface area (Å²) in [7, 11) is -4.25. The van der Waals surface area contributed by atoms with E-state index in [-0.39, 0.29) is 21.8 Å². The van der Waals surface area contributed by atoms with Gasteiger partial charge in [0.25, 0.3) is 15.9 Å². The van der Waals surface area contributed by atoms with E-state index in [0.29, 0.717) is 5.56 Å². The van der Waals surface area contributed by atoms with Crippen LogP contribution in [0.15, 0.2) is 95.9 Å². The summed E-state index contributed by atoms with van der Waals surface area (Å²) < 4.78 is 81.8. The van der Waals surface area contributed by atoms with Crippen molar-refractivity contribution in [2.75, 3.05) is 10.0 Å². The van der Waals surface area contributed by atoms with Gasteiger partial charge in [-0.25, -0.2) is 12.8 Å². The average Bonchev–Trinajstić information content (AvgIpc) is 2.86. The van der Waals surface area contributed by atoms with Crippen molar-refractivity contribution < 1.29 is 35.9 Å². The number of hydrogen-bond acceptors (Lipinski definition) is 4. The second kappa shape index (κ2) is 9.94. The van der Waals surface area contributed by atoms with Crippen molar-refractivity contribution >= 4 is 27.3 Å². The van der Waals surface area contributed by atoms with E-state index in [2.05, 4.69) is 10.0 Å². The first-order valence-corrected chi connectivity index (χ1v) is 12.1. The number of rotatable bonds is 6. The molecule has 4 rings (SSSR count). The van der Waals surface area contributed by atoms with Gasteiger partial charge in [0.2, 0.25) is 0 Å². The second-order valence-electron chi connectivity index (χ2n) is 7.87. The Morgan fingerprint density at radius 3 is 2.14 bits per heavy atom. The van der Waals surface area contributed by atoms with Crippen molar-refractivity contribution in [1.29, 1.82) is 0 Å². The lowest BCUT2D eigenvalue weighted by atomic mass is 9.98. The summed E-state index contributed by atoms with van der Waals surface area (Å²) in [6.45, 7) is 0. The van der Waals surface area contributed by atoms with Gasteiger partial charge in [0, 0.05) is 5.69 Å². The zero-order valence-electron chi connectivity index (χ0n) is 18.8. The molecule has 190 valence electrons. The van der Waals surface area contributed by atoms with Crippen molar-refractivity contribution in [2.24, 2.45) is 0 Å². The highest BCUT2D eigenvalue weighted by molar-refractivity contribution is 7.92. The van der Waals surface area contributed by atoms with Crippen LogP contribution in [0.25, 0.3) is 11.1 Å². The Kier molecular flexibility index (Phi) is 6.90. The molecule has 37 heavy (non-hydrogen) atoms. The molecule has 0 aliphatic rings. The number of nitrogens with one attached hydrogen (secondary N) is 2. The normalized spacial score (nSPS) is 11.7. The number of carbonyl (C=O) groups excluding carboxylic acids is 1. The molecule has 0 aromatic heterocycles. The monoisotopic (exact) mass is 530 g/mol. The summed E-state index contributed by atoms with van der Waals surface area (Å²) in [6, 6.07) is 18.9. The first kappa shape index (κ1) is 25.7. The van der Waals surface area contributed by atoms with Crippen LogP contribution in [0, 0.1) is 5.82 Å². The van der Waals surface area contributed by atoms with E-state index in [0.717, 1.165) is 48.5 Å². The predicted molar refractivity (Wildman–Crippen MR) is 130 cm³/mol. The third-order valence-corrected chi connectivity index (χ3v) is 6.68. The summed E-state index contributed by atoms with van der Waals surface area (Å²) in [5.74, 6) is -2.25. The lowest BCUT2D eigenvalue weighted by molar-refractivity contribution is -0.137. The molecular formula is C26H18F4N2O4S. The molecule has 4 aromatic rings. The number of carbonyl (C=O) groups is 1. The van der Waals surface area contributed by atoms with E-state index in [1.54, 1.807) is 30.3 Å². The minimum absolute atomic E-state index is 0.0835. The number of benzene rings is 4. The fourth-order valence-corrected chi connectivity index (χ4v) is 4.56. The maximum atomic E-state index is 13.8. The molecule has 4 aromatic carbocycles. The Balaban J connectivity index is 1.62. The molecule has 0 aliphatic heterocycles. The van der Waals surface area contributed by atoms with Gasteiger partial charge < -0.3 is 10.4 Å². The molecule has 6 nitrogen and oxygen atoms in total. The SMILES string of the molecule is O=C(Nc1ccc(O)c(NS(=O)(=O)c2ccc(F)cc2)c1)c1ccc(-c2ccccc2)cc1C(F)(F)F. The summed E-state index contributed by atoms with van der Waals surface area (Å²) in [4.78, 5) is 12.5. The summed E-state index contributed by atoms with van der Waals surface area (Å²) in [6.07, 6.45) is -4.83. The average molecular weight is 530 g/mol. The molecule has 0 heterocycles. The van der Waals surface area contributed by atoms with E-state index < -0.39 is 44.8 Å². The maximum Gasteiger partial charge on any atom is 0.417 e. The Bertz CT molecular complexity index is 1560. The Hall–Kier alpha value is -4.38. The maximum absolute atomic E-state index is 13.8. The molecule has 0 atom stereocenters. The first-order valence-electron chi connectivity index (χ1n) is 10.6. The molecule has 0 saturated heterocycles. The standard InChI is InChI=1S/C26H18F4N2O4S/c27-18-7-10-20(11-8-18)37(35,36)32-23-15-19(9-13-24(23)33)31-25(34)21-12-6-17(14-22(21)26(28,29)30)16-4-2-1-3-5-16/h1-15,32-33H,(H,31,34). The third-order valence-electron chi connectivity index (χ3n) is 5.30. The first-order chi connectivity index (χ1) is 17.4. The van der Waals surface area contributed by atoms with Crippen LogP contribution in [-0.2, 0) is 16.2 Å². The fourth-order valence-electron chi connectivity index (χ4n) is 3.50. The van der Waals surface area contributed by atoms with Crippen molar-refractivity contribution in [3.8, 4) is 16.9 Å². The summed E-state index contributed by atoms with van der Waals surface area (Å²) >= 11 is 0.